The molecule has 12 heteroatoms. The maximum Gasteiger partial charge on any atom is 0.352 e. The lowest BCUT2D eigenvalue weighted by atomic mass is 10.0. The quantitative estimate of drug-likeness (QED) is 0.342. The molecule has 0 aliphatic carbocycles. The third-order valence-corrected chi connectivity index (χ3v) is 6.39. The van der Waals surface area contributed by atoms with Crippen LogP contribution < -0.4 is 5.32 Å². The van der Waals surface area contributed by atoms with E-state index in [-0.39, 0.29) is 30.4 Å². The molecule has 1 fully saturated rings. The highest BCUT2D eigenvalue weighted by atomic mass is 32.2. The lowest BCUT2D eigenvalue weighted by Crippen LogP contribution is -2.70. The number of amides is 2. The fourth-order valence-electron chi connectivity index (χ4n) is 2.78. The summed E-state index contributed by atoms with van der Waals surface area (Å²) in [5.41, 5.74) is 0.817. The van der Waals surface area contributed by atoms with Crippen molar-refractivity contribution in [2.24, 2.45) is 0 Å². The van der Waals surface area contributed by atoms with Crippen LogP contribution in [0.5, 0.6) is 0 Å². The number of nitrogens with one attached hydrogen (secondary N) is 2. The SMILES string of the molecule is CC(=O)OCC1=C(C(=O)O)N2C(=O)C(NC(=O)Cc3csc(=S)[nH]3)[C@@H]2SC1. The molecule has 0 bridgehead atoms. The molecular weight excluding hydrogens is 414 g/mol. The largest absolute Gasteiger partial charge is 0.477 e. The average molecular weight is 430 g/mol. The smallest absolute Gasteiger partial charge is 0.352 e. The number of rotatable bonds is 6. The summed E-state index contributed by atoms with van der Waals surface area (Å²) in [7, 11) is 0. The van der Waals surface area contributed by atoms with Gasteiger partial charge in [-0.15, -0.1) is 23.1 Å². The van der Waals surface area contributed by atoms with Crippen LogP contribution in [-0.2, 0) is 30.3 Å². The van der Waals surface area contributed by atoms with E-state index in [0.29, 0.717) is 15.2 Å². The second-order valence-electron chi connectivity index (χ2n) is 5.84. The number of carbonyl (C=O) groups excluding carboxylic acids is 3. The molecular formula is C15H15N3O6S3. The van der Waals surface area contributed by atoms with Crippen LogP contribution in [0.15, 0.2) is 16.7 Å². The Morgan fingerprint density at radius 2 is 2.22 bits per heavy atom. The number of H-pyrrole nitrogens is 1. The number of aliphatic carboxylic acids is 1. The molecule has 2 aliphatic heterocycles. The monoisotopic (exact) mass is 429 g/mol. The number of carbonyl (C=O) groups is 4. The van der Waals surface area contributed by atoms with E-state index >= 15 is 0 Å². The Balaban J connectivity index is 1.69. The Hall–Kier alpha value is -2.18. The first-order chi connectivity index (χ1) is 12.8. The van der Waals surface area contributed by atoms with Gasteiger partial charge in [0, 0.05) is 29.3 Å². The molecule has 3 rings (SSSR count). The summed E-state index contributed by atoms with van der Waals surface area (Å²) in [4.78, 5) is 51.2. The second-order valence-corrected chi connectivity index (χ2v) is 8.49. The van der Waals surface area contributed by atoms with E-state index in [1.165, 1.54) is 30.0 Å². The molecule has 1 saturated heterocycles. The summed E-state index contributed by atoms with van der Waals surface area (Å²) < 4.78 is 5.43. The third kappa shape index (κ3) is 4.06. The molecule has 0 spiro atoms. The Bertz CT molecular complexity index is 905. The topological polar surface area (TPSA) is 129 Å². The number of esters is 1. The molecule has 1 aromatic heterocycles. The van der Waals surface area contributed by atoms with Gasteiger partial charge in [-0.3, -0.25) is 19.3 Å². The van der Waals surface area contributed by atoms with Crippen LogP contribution in [0.4, 0.5) is 0 Å². The second kappa shape index (κ2) is 7.82. The maximum atomic E-state index is 12.5. The lowest BCUT2D eigenvalue weighted by molar-refractivity contribution is -0.151. The minimum absolute atomic E-state index is 0.0492. The van der Waals surface area contributed by atoms with E-state index in [9.17, 15) is 24.3 Å². The van der Waals surface area contributed by atoms with Gasteiger partial charge < -0.3 is 20.1 Å². The number of carboxylic acids is 1. The predicted octanol–water partition coefficient (Wildman–Crippen LogP) is 0.650. The number of carboxylic acid groups (broad SMARTS) is 1. The van der Waals surface area contributed by atoms with Crippen LogP contribution in [0, 0.1) is 3.95 Å². The Labute approximate surface area is 166 Å². The normalized spacial score (nSPS) is 21.4. The van der Waals surface area contributed by atoms with Gasteiger partial charge in [0.2, 0.25) is 5.91 Å². The van der Waals surface area contributed by atoms with Crippen LogP contribution in [0.25, 0.3) is 0 Å². The highest BCUT2D eigenvalue weighted by Crippen LogP contribution is 2.40. The zero-order valence-electron chi connectivity index (χ0n) is 14.0. The van der Waals surface area contributed by atoms with Crippen molar-refractivity contribution < 1.29 is 29.0 Å². The standard InChI is InChI=1S/C15H15N3O6S3/c1-6(19)24-3-7-4-26-13-10(12(21)18(13)11(7)14(22)23)17-9(20)2-8-5-27-15(25)16-8/h5,10,13H,2-4H2,1H3,(H,16,25)(H,17,20)(H,22,23)/t10?,13-/m0/s1. The lowest BCUT2D eigenvalue weighted by Gasteiger charge is -2.49. The summed E-state index contributed by atoms with van der Waals surface area (Å²) in [6.07, 6.45) is 0.0492. The zero-order chi connectivity index (χ0) is 19.7. The molecule has 0 aromatic carbocycles. The van der Waals surface area contributed by atoms with Gasteiger partial charge in [0.05, 0.1) is 6.42 Å². The summed E-state index contributed by atoms with van der Waals surface area (Å²) in [5.74, 6) is -2.38. The summed E-state index contributed by atoms with van der Waals surface area (Å²) >= 11 is 7.58. The maximum absolute atomic E-state index is 12.5. The van der Waals surface area contributed by atoms with Crippen molar-refractivity contribution in [1.82, 2.24) is 15.2 Å². The fraction of sp³-hybridized carbons (Fsp3) is 0.400. The van der Waals surface area contributed by atoms with E-state index in [0.717, 1.165) is 4.90 Å². The molecule has 1 aromatic rings. The Morgan fingerprint density at radius 3 is 2.81 bits per heavy atom. The minimum atomic E-state index is -1.27. The van der Waals surface area contributed by atoms with E-state index in [1.54, 1.807) is 5.38 Å². The molecule has 3 N–H and O–H groups in total. The predicted molar refractivity (Wildman–Crippen MR) is 99.5 cm³/mol. The van der Waals surface area contributed by atoms with Crippen molar-refractivity contribution in [2.75, 3.05) is 12.4 Å². The van der Waals surface area contributed by atoms with Crippen LogP contribution >= 0.6 is 35.3 Å². The molecule has 2 atom stereocenters. The number of aromatic nitrogens is 1. The summed E-state index contributed by atoms with van der Waals surface area (Å²) in [6, 6.07) is -0.797. The summed E-state index contributed by atoms with van der Waals surface area (Å²) in [5, 5.41) is 13.4. The molecule has 144 valence electrons. The number of hydrogen-bond donors (Lipinski definition) is 3. The third-order valence-electron chi connectivity index (χ3n) is 3.94. The van der Waals surface area contributed by atoms with Crippen molar-refractivity contribution in [1.29, 1.82) is 0 Å². The van der Waals surface area contributed by atoms with Crippen molar-refractivity contribution >= 4 is 59.1 Å². The summed E-state index contributed by atoms with van der Waals surface area (Å²) in [6.45, 7) is 1.04. The van der Waals surface area contributed by atoms with Crippen LogP contribution in [0.3, 0.4) is 0 Å². The van der Waals surface area contributed by atoms with Gasteiger partial charge in [-0.25, -0.2) is 4.79 Å². The molecule has 0 saturated carbocycles. The molecule has 3 heterocycles. The molecule has 2 amide bonds. The van der Waals surface area contributed by atoms with Crippen molar-refractivity contribution in [3.05, 3.63) is 26.3 Å². The van der Waals surface area contributed by atoms with E-state index < -0.39 is 29.3 Å². The average Bonchev–Trinajstić information content (AvgIpc) is 3.01. The van der Waals surface area contributed by atoms with E-state index in [4.69, 9.17) is 17.0 Å². The van der Waals surface area contributed by atoms with Crippen LogP contribution in [0.2, 0.25) is 0 Å². The van der Waals surface area contributed by atoms with Gasteiger partial charge in [-0.2, -0.15) is 0 Å². The Morgan fingerprint density at radius 1 is 1.48 bits per heavy atom. The highest BCUT2D eigenvalue weighted by Gasteiger charge is 2.54. The van der Waals surface area contributed by atoms with Gasteiger partial charge >= 0.3 is 11.9 Å². The van der Waals surface area contributed by atoms with Crippen molar-refractivity contribution in [2.45, 2.75) is 24.8 Å². The van der Waals surface area contributed by atoms with E-state index in [2.05, 4.69) is 10.3 Å². The van der Waals surface area contributed by atoms with Crippen molar-refractivity contribution in [3.8, 4) is 0 Å². The number of fused-ring (bicyclic) bond motifs is 1. The first kappa shape index (κ1) is 19.6. The number of hydrogen-bond acceptors (Lipinski definition) is 8. The molecule has 0 radical (unpaired) electrons. The van der Waals surface area contributed by atoms with Gasteiger partial charge in [0.1, 0.15) is 23.7 Å². The van der Waals surface area contributed by atoms with E-state index in [1.807, 2.05) is 0 Å². The number of β-lactam (4-membered cyclic amide) rings is 1. The minimum Gasteiger partial charge on any atom is -0.477 e. The molecule has 2 aliphatic rings. The molecule has 1 unspecified atom stereocenters. The van der Waals surface area contributed by atoms with Crippen LogP contribution in [-0.4, -0.2) is 62.5 Å². The zero-order valence-corrected chi connectivity index (χ0v) is 16.5. The van der Waals surface area contributed by atoms with Gasteiger partial charge in [-0.05, 0) is 12.2 Å². The first-order valence-electron chi connectivity index (χ1n) is 7.77. The van der Waals surface area contributed by atoms with Crippen molar-refractivity contribution in [3.63, 3.8) is 0 Å². The number of ether oxygens (including phenoxy) is 1. The van der Waals surface area contributed by atoms with Crippen LogP contribution in [0.1, 0.15) is 12.6 Å². The number of aromatic amines is 1. The fourth-order valence-corrected chi connectivity index (χ4v) is 4.97. The highest BCUT2D eigenvalue weighted by molar-refractivity contribution is 8.00. The number of nitrogens with zero attached hydrogens (tertiary/aromatic N) is 1. The van der Waals surface area contributed by atoms with Gasteiger partial charge in [-0.1, -0.05) is 0 Å². The number of thioether (sulfide) groups is 1. The molecule has 27 heavy (non-hydrogen) atoms. The first-order valence-corrected chi connectivity index (χ1v) is 10.1. The van der Waals surface area contributed by atoms with Gasteiger partial charge in [0.25, 0.3) is 5.91 Å². The molecule has 9 nitrogen and oxygen atoms in total. The number of thiazole rings is 1. The van der Waals surface area contributed by atoms with Gasteiger partial charge in [0.15, 0.2) is 3.95 Å². The Kier molecular flexibility index (Phi) is 5.67.